The van der Waals surface area contributed by atoms with Crippen molar-refractivity contribution in [1.82, 2.24) is 4.57 Å². The van der Waals surface area contributed by atoms with Crippen LogP contribution in [0.2, 0.25) is 0 Å². The second kappa shape index (κ2) is 7.31. The molecule has 156 valence electrons. The molecule has 1 saturated carbocycles. The third kappa shape index (κ3) is 3.34. The van der Waals surface area contributed by atoms with E-state index in [1.165, 1.54) is 13.3 Å². The first-order valence-electron chi connectivity index (χ1n) is 9.63. The molecule has 0 spiro atoms. The van der Waals surface area contributed by atoms with Gasteiger partial charge < -0.3 is 29.5 Å². The monoisotopic (exact) mass is 406 g/mol. The van der Waals surface area contributed by atoms with Gasteiger partial charge in [-0.3, -0.25) is 4.79 Å². The Morgan fingerprint density at radius 3 is 2.41 bits per heavy atom. The number of aliphatic hydroxyl groups excluding tert-OH is 1. The summed E-state index contributed by atoms with van der Waals surface area (Å²) in [6, 6.07) is 1.13. The first-order valence-corrected chi connectivity index (χ1v) is 9.63. The van der Waals surface area contributed by atoms with Crippen molar-refractivity contribution >= 4 is 22.6 Å². The van der Waals surface area contributed by atoms with Gasteiger partial charge in [-0.2, -0.15) is 0 Å². The minimum Gasteiger partial charge on any atom is -0.492 e. The Morgan fingerprint density at radius 2 is 1.90 bits per heavy atom. The molecular formula is C20H23FN2O6. The topological polar surface area (TPSA) is 112 Å². The average molecular weight is 406 g/mol. The van der Waals surface area contributed by atoms with E-state index in [4.69, 9.17) is 4.74 Å². The number of nitrogens with zero attached hydrogens (tertiary/aromatic N) is 2. The zero-order valence-electron chi connectivity index (χ0n) is 16.0. The van der Waals surface area contributed by atoms with Crippen LogP contribution < -0.4 is 15.1 Å². The quantitative estimate of drug-likeness (QED) is 0.648. The molecule has 0 bridgehead atoms. The number of aromatic carboxylic acids is 1. The zero-order chi connectivity index (χ0) is 20.9. The van der Waals surface area contributed by atoms with Crippen LogP contribution in [0.3, 0.4) is 0 Å². The van der Waals surface area contributed by atoms with Crippen molar-refractivity contribution in [2.45, 2.75) is 38.0 Å². The van der Waals surface area contributed by atoms with Crippen molar-refractivity contribution in [3.05, 3.63) is 33.9 Å². The lowest BCUT2D eigenvalue weighted by molar-refractivity contribution is -0.0893. The van der Waals surface area contributed by atoms with Gasteiger partial charge in [0.15, 0.2) is 17.9 Å². The van der Waals surface area contributed by atoms with Crippen molar-refractivity contribution in [1.29, 1.82) is 0 Å². The lowest BCUT2D eigenvalue weighted by Crippen LogP contribution is -2.38. The maximum absolute atomic E-state index is 15.2. The molecule has 1 aromatic heterocycles. The third-order valence-corrected chi connectivity index (χ3v) is 5.85. The van der Waals surface area contributed by atoms with E-state index in [1.807, 2.05) is 0 Å². The molecule has 9 heteroatoms. The summed E-state index contributed by atoms with van der Waals surface area (Å²) < 4.78 is 22.4. The number of aliphatic hydroxyl groups is 2. The molecule has 0 radical (unpaired) electrons. The Morgan fingerprint density at radius 1 is 1.24 bits per heavy atom. The minimum absolute atomic E-state index is 0.0180. The van der Waals surface area contributed by atoms with E-state index in [1.54, 1.807) is 9.47 Å². The van der Waals surface area contributed by atoms with Gasteiger partial charge in [0.1, 0.15) is 11.3 Å². The van der Waals surface area contributed by atoms with Crippen LogP contribution >= 0.6 is 0 Å². The molecule has 2 aliphatic rings. The van der Waals surface area contributed by atoms with Crippen LogP contribution in [-0.2, 0) is 0 Å². The van der Waals surface area contributed by atoms with E-state index < -0.39 is 29.1 Å². The van der Waals surface area contributed by atoms with Gasteiger partial charge in [0.25, 0.3) is 0 Å². The number of piperidine rings is 1. The summed E-state index contributed by atoms with van der Waals surface area (Å²) in [7, 11) is 1.40. The summed E-state index contributed by atoms with van der Waals surface area (Å²) in [5, 5.41) is 28.1. The van der Waals surface area contributed by atoms with E-state index in [2.05, 4.69) is 0 Å². The van der Waals surface area contributed by atoms with Crippen LogP contribution in [0.4, 0.5) is 10.1 Å². The predicted molar refractivity (Wildman–Crippen MR) is 103 cm³/mol. The van der Waals surface area contributed by atoms with Crippen LogP contribution in [0.5, 0.6) is 5.75 Å². The molecule has 0 atom stereocenters. The van der Waals surface area contributed by atoms with Crippen LogP contribution in [0.1, 0.15) is 42.1 Å². The standard InChI is InChI=1S/C20H23FN2O6/c1-29-18-15-12(17(24)13(20(27)28)9-23(15)11-2-3-11)8-14(21)16(18)22-6-4-10(5-7-22)19(25)26/h8-11,19,25-26H,2-7H2,1H3,(H,27,28). The molecule has 8 nitrogen and oxygen atoms in total. The number of pyridine rings is 1. The van der Waals surface area contributed by atoms with Gasteiger partial charge in [0, 0.05) is 31.2 Å². The number of carboxylic acids is 1. The van der Waals surface area contributed by atoms with Gasteiger partial charge in [0.2, 0.25) is 5.43 Å². The second-order valence-electron chi connectivity index (χ2n) is 7.69. The van der Waals surface area contributed by atoms with Gasteiger partial charge in [-0.1, -0.05) is 0 Å². The van der Waals surface area contributed by atoms with Gasteiger partial charge >= 0.3 is 5.97 Å². The fourth-order valence-corrected chi connectivity index (χ4v) is 4.15. The third-order valence-electron chi connectivity index (χ3n) is 5.85. The fraction of sp³-hybridized carbons (Fsp3) is 0.500. The summed E-state index contributed by atoms with van der Waals surface area (Å²) in [4.78, 5) is 26.0. The van der Waals surface area contributed by atoms with E-state index >= 15 is 4.39 Å². The number of anilines is 1. The zero-order valence-corrected chi connectivity index (χ0v) is 16.0. The van der Waals surface area contributed by atoms with Gasteiger partial charge in [0.05, 0.1) is 18.0 Å². The first-order chi connectivity index (χ1) is 13.8. The van der Waals surface area contributed by atoms with Crippen LogP contribution in [0.15, 0.2) is 17.1 Å². The normalized spacial score (nSPS) is 17.9. The van der Waals surface area contributed by atoms with E-state index in [9.17, 15) is 24.9 Å². The Labute approximate surface area is 165 Å². The number of hydrogen-bond donors (Lipinski definition) is 3. The Kier molecular flexibility index (Phi) is 4.95. The highest BCUT2D eigenvalue weighted by Gasteiger charge is 2.32. The molecule has 1 saturated heterocycles. The molecule has 2 heterocycles. The SMILES string of the molecule is COc1c(N2CCC(C(O)O)CC2)c(F)cc2c(=O)c(C(=O)O)cn(C3CC3)c12. The van der Waals surface area contributed by atoms with E-state index in [-0.39, 0.29) is 28.8 Å². The Hall–Kier alpha value is -2.65. The van der Waals surface area contributed by atoms with Gasteiger partial charge in [-0.15, -0.1) is 0 Å². The Balaban J connectivity index is 1.90. The predicted octanol–water partition coefficient (Wildman–Crippen LogP) is 1.71. The summed E-state index contributed by atoms with van der Waals surface area (Å²) >= 11 is 0. The number of carbonyl (C=O) groups is 1. The maximum atomic E-state index is 15.2. The highest BCUT2D eigenvalue weighted by Crippen LogP contribution is 2.44. The largest absolute Gasteiger partial charge is 0.492 e. The number of rotatable bonds is 5. The number of benzene rings is 1. The molecule has 1 aliphatic heterocycles. The fourth-order valence-electron chi connectivity index (χ4n) is 4.15. The molecule has 2 aromatic rings. The average Bonchev–Trinajstić information content (AvgIpc) is 3.52. The number of ether oxygens (including phenoxy) is 1. The molecule has 1 aromatic carbocycles. The number of carboxylic acid groups (broad SMARTS) is 1. The van der Waals surface area contributed by atoms with E-state index in [0.717, 1.165) is 18.9 Å². The van der Waals surface area contributed by atoms with Crippen molar-refractivity contribution in [3.8, 4) is 5.75 Å². The smallest absolute Gasteiger partial charge is 0.341 e. The summed E-state index contributed by atoms with van der Waals surface area (Å²) in [5.41, 5.74) is -0.528. The number of halogens is 1. The second-order valence-corrected chi connectivity index (χ2v) is 7.69. The van der Waals surface area contributed by atoms with Crippen molar-refractivity contribution < 1.29 is 29.2 Å². The number of fused-ring (bicyclic) bond motifs is 1. The van der Waals surface area contributed by atoms with Crippen molar-refractivity contribution in [2.75, 3.05) is 25.1 Å². The highest BCUT2D eigenvalue weighted by molar-refractivity contribution is 5.97. The summed E-state index contributed by atoms with van der Waals surface area (Å²) in [6.07, 6.45) is 2.55. The van der Waals surface area contributed by atoms with Gasteiger partial charge in [-0.05, 0) is 31.7 Å². The molecule has 4 rings (SSSR count). The maximum Gasteiger partial charge on any atom is 0.341 e. The molecule has 29 heavy (non-hydrogen) atoms. The lowest BCUT2D eigenvalue weighted by Gasteiger charge is -2.35. The van der Waals surface area contributed by atoms with Gasteiger partial charge in [-0.25, -0.2) is 9.18 Å². The van der Waals surface area contributed by atoms with Crippen molar-refractivity contribution in [2.24, 2.45) is 5.92 Å². The molecule has 2 fully saturated rings. The minimum atomic E-state index is -1.41. The lowest BCUT2D eigenvalue weighted by atomic mass is 9.95. The number of methoxy groups -OCH3 is 1. The number of aromatic nitrogens is 1. The molecular weight excluding hydrogens is 383 g/mol. The van der Waals surface area contributed by atoms with Crippen LogP contribution in [-0.4, -0.2) is 52.3 Å². The highest BCUT2D eigenvalue weighted by atomic mass is 19.1. The van der Waals surface area contributed by atoms with Crippen LogP contribution in [0, 0.1) is 11.7 Å². The molecule has 0 amide bonds. The molecule has 0 unspecified atom stereocenters. The Bertz CT molecular complexity index is 1020. The van der Waals surface area contributed by atoms with E-state index in [0.29, 0.717) is 31.4 Å². The molecule has 1 aliphatic carbocycles. The number of hydrogen-bond acceptors (Lipinski definition) is 6. The molecule has 3 N–H and O–H groups in total. The van der Waals surface area contributed by atoms with Crippen LogP contribution in [0.25, 0.3) is 10.9 Å². The summed E-state index contributed by atoms with van der Waals surface area (Å²) in [5.74, 6) is -2.09. The first kappa shape index (κ1) is 19.7. The van der Waals surface area contributed by atoms with Crippen molar-refractivity contribution in [3.63, 3.8) is 0 Å². The summed E-state index contributed by atoms with van der Waals surface area (Å²) in [6.45, 7) is 0.809.